The lowest BCUT2D eigenvalue weighted by Gasteiger charge is -2.19. The number of rotatable bonds is 3. The third kappa shape index (κ3) is 2.58. The van der Waals surface area contributed by atoms with E-state index >= 15 is 0 Å². The van der Waals surface area contributed by atoms with Gasteiger partial charge in [-0.25, -0.2) is 17.2 Å². The monoisotopic (exact) mass is 283 g/mol. The minimum Gasteiger partial charge on any atom is -0.266 e. The van der Waals surface area contributed by atoms with Gasteiger partial charge >= 0.3 is 0 Å². The molecule has 0 fully saturated rings. The van der Waals surface area contributed by atoms with Gasteiger partial charge in [-0.2, -0.15) is 0 Å². The van der Waals surface area contributed by atoms with E-state index in [1.807, 2.05) is 0 Å². The Bertz CT molecular complexity index is 701. The fourth-order valence-corrected chi connectivity index (χ4v) is 2.86. The number of nitrogens with zero attached hydrogens (tertiary/aromatic N) is 1. The molecule has 19 heavy (non-hydrogen) atoms. The van der Waals surface area contributed by atoms with Crippen molar-refractivity contribution in [1.82, 2.24) is 0 Å². The number of benzene rings is 2. The van der Waals surface area contributed by atoms with Gasteiger partial charge in [0.15, 0.2) is 0 Å². The molecule has 0 aliphatic heterocycles. The van der Waals surface area contributed by atoms with Crippen LogP contribution in [0.2, 0.25) is 0 Å². The zero-order valence-corrected chi connectivity index (χ0v) is 10.9. The van der Waals surface area contributed by atoms with Crippen molar-refractivity contribution in [2.24, 2.45) is 0 Å². The van der Waals surface area contributed by atoms with Gasteiger partial charge in [-0.3, -0.25) is 4.31 Å². The molecule has 0 aromatic heterocycles. The van der Waals surface area contributed by atoms with Crippen molar-refractivity contribution in [1.29, 1.82) is 0 Å². The smallest absolute Gasteiger partial charge is 0.264 e. The van der Waals surface area contributed by atoms with E-state index in [1.165, 1.54) is 37.4 Å². The summed E-state index contributed by atoms with van der Waals surface area (Å²) in [5.74, 6) is -1.33. The maximum absolute atomic E-state index is 13.6. The lowest BCUT2D eigenvalue weighted by atomic mass is 10.3. The fourth-order valence-electron chi connectivity index (χ4n) is 1.62. The molecular formula is C13H11F2NO2S. The van der Waals surface area contributed by atoms with E-state index in [9.17, 15) is 17.2 Å². The largest absolute Gasteiger partial charge is 0.266 e. The number of sulfonamides is 1. The topological polar surface area (TPSA) is 37.4 Å². The highest BCUT2D eigenvalue weighted by atomic mass is 32.2. The molecule has 0 aliphatic carbocycles. The highest BCUT2D eigenvalue weighted by Crippen LogP contribution is 2.24. The summed E-state index contributed by atoms with van der Waals surface area (Å²) in [6.45, 7) is 0. The van der Waals surface area contributed by atoms with Gasteiger partial charge in [0.2, 0.25) is 0 Å². The Morgan fingerprint density at radius 3 is 2.32 bits per heavy atom. The Morgan fingerprint density at radius 2 is 1.68 bits per heavy atom. The molecular weight excluding hydrogens is 272 g/mol. The van der Waals surface area contributed by atoms with E-state index < -0.39 is 21.7 Å². The first-order chi connectivity index (χ1) is 8.93. The summed E-state index contributed by atoms with van der Waals surface area (Å²) in [6, 6.07) is 10.1. The second-order valence-electron chi connectivity index (χ2n) is 3.88. The van der Waals surface area contributed by atoms with Crippen molar-refractivity contribution in [3.8, 4) is 0 Å². The first-order valence-electron chi connectivity index (χ1n) is 5.42. The molecule has 0 heterocycles. The minimum atomic E-state index is -3.98. The quantitative estimate of drug-likeness (QED) is 0.868. The average Bonchev–Trinajstić information content (AvgIpc) is 2.38. The van der Waals surface area contributed by atoms with Crippen molar-refractivity contribution in [2.45, 2.75) is 4.90 Å². The highest BCUT2D eigenvalue weighted by Gasteiger charge is 2.23. The summed E-state index contributed by atoms with van der Waals surface area (Å²) < 4.78 is 51.9. The predicted octanol–water partition coefficient (Wildman–Crippen LogP) is 2.79. The first-order valence-corrected chi connectivity index (χ1v) is 6.86. The van der Waals surface area contributed by atoms with Gasteiger partial charge in [0.25, 0.3) is 10.0 Å². The molecule has 3 nitrogen and oxygen atoms in total. The Hall–Kier alpha value is -1.95. The number of para-hydroxylation sites is 1. The summed E-state index contributed by atoms with van der Waals surface area (Å²) in [7, 11) is -2.76. The van der Waals surface area contributed by atoms with Gasteiger partial charge in [-0.15, -0.1) is 0 Å². The molecule has 0 spiro atoms. The van der Waals surface area contributed by atoms with Crippen LogP contribution in [0.15, 0.2) is 53.4 Å². The molecule has 0 N–H and O–H groups in total. The molecule has 6 heteroatoms. The maximum Gasteiger partial charge on any atom is 0.264 e. The highest BCUT2D eigenvalue weighted by molar-refractivity contribution is 7.92. The molecule has 0 bridgehead atoms. The van der Waals surface area contributed by atoms with Crippen LogP contribution < -0.4 is 4.31 Å². The Balaban J connectivity index is 2.49. The second kappa shape index (κ2) is 4.97. The Labute approximate surface area is 110 Å². The van der Waals surface area contributed by atoms with Gasteiger partial charge in [0, 0.05) is 7.05 Å². The predicted molar refractivity (Wildman–Crippen MR) is 68.4 cm³/mol. The lowest BCUT2D eigenvalue weighted by Crippen LogP contribution is -2.27. The minimum absolute atomic E-state index is 0.0910. The van der Waals surface area contributed by atoms with Crippen molar-refractivity contribution in [3.63, 3.8) is 0 Å². The second-order valence-corrected chi connectivity index (χ2v) is 5.85. The third-order valence-electron chi connectivity index (χ3n) is 2.65. The van der Waals surface area contributed by atoms with Gasteiger partial charge in [-0.1, -0.05) is 18.2 Å². The van der Waals surface area contributed by atoms with E-state index in [2.05, 4.69) is 0 Å². The fraction of sp³-hybridized carbons (Fsp3) is 0.0769. The molecule has 0 saturated heterocycles. The summed E-state index contributed by atoms with van der Waals surface area (Å²) >= 11 is 0. The van der Waals surface area contributed by atoms with Gasteiger partial charge < -0.3 is 0 Å². The van der Waals surface area contributed by atoms with Crippen molar-refractivity contribution in [3.05, 3.63) is 60.2 Å². The first kappa shape index (κ1) is 13.5. The van der Waals surface area contributed by atoms with Gasteiger partial charge in [-0.05, 0) is 30.3 Å². The van der Waals surface area contributed by atoms with Crippen molar-refractivity contribution >= 4 is 15.7 Å². The SMILES string of the molecule is CN(c1ccccc1F)S(=O)(=O)c1cccc(F)c1. The normalized spacial score (nSPS) is 11.3. The van der Waals surface area contributed by atoms with Crippen LogP contribution in [0, 0.1) is 11.6 Å². The summed E-state index contributed by atoms with van der Waals surface area (Å²) in [5, 5.41) is 0. The van der Waals surface area contributed by atoms with E-state index in [0.29, 0.717) is 0 Å². The third-order valence-corrected chi connectivity index (χ3v) is 4.41. The molecule has 2 rings (SSSR count). The molecule has 100 valence electrons. The zero-order valence-electron chi connectivity index (χ0n) is 10.0. The molecule has 2 aromatic rings. The van der Waals surface area contributed by atoms with E-state index in [0.717, 1.165) is 22.5 Å². The Morgan fingerprint density at radius 1 is 1.00 bits per heavy atom. The van der Waals surface area contributed by atoms with Gasteiger partial charge in [0.1, 0.15) is 11.6 Å². The number of anilines is 1. The van der Waals surface area contributed by atoms with Crippen LogP contribution in [0.3, 0.4) is 0 Å². The Kier molecular flexibility index (Phi) is 3.53. The van der Waals surface area contributed by atoms with Crippen LogP contribution in [-0.2, 0) is 10.0 Å². The van der Waals surface area contributed by atoms with Crippen molar-refractivity contribution < 1.29 is 17.2 Å². The molecule has 0 radical (unpaired) electrons. The zero-order chi connectivity index (χ0) is 14.0. The average molecular weight is 283 g/mol. The lowest BCUT2D eigenvalue weighted by molar-refractivity contribution is 0.585. The molecule has 0 amide bonds. The molecule has 0 unspecified atom stereocenters. The van der Waals surface area contributed by atoms with Crippen LogP contribution in [0.1, 0.15) is 0 Å². The van der Waals surface area contributed by atoms with E-state index in [1.54, 1.807) is 0 Å². The standard InChI is InChI=1S/C13H11F2NO2S/c1-16(13-8-3-2-7-12(13)15)19(17,18)11-6-4-5-10(14)9-11/h2-9H,1H3. The molecule has 0 aliphatic rings. The van der Waals surface area contributed by atoms with Crippen LogP contribution in [0.5, 0.6) is 0 Å². The maximum atomic E-state index is 13.6. The summed E-state index contributed by atoms with van der Waals surface area (Å²) in [4.78, 5) is -0.224. The molecule has 0 saturated carbocycles. The van der Waals surface area contributed by atoms with E-state index in [4.69, 9.17) is 0 Å². The van der Waals surface area contributed by atoms with Crippen molar-refractivity contribution in [2.75, 3.05) is 11.4 Å². The number of halogens is 2. The van der Waals surface area contributed by atoms with Crippen LogP contribution in [0.4, 0.5) is 14.5 Å². The summed E-state index contributed by atoms with van der Waals surface area (Å²) in [5.41, 5.74) is -0.0910. The van der Waals surface area contributed by atoms with E-state index in [-0.39, 0.29) is 10.6 Å². The summed E-state index contributed by atoms with van der Waals surface area (Å²) in [6.07, 6.45) is 0. The van der Waals surface area contributed by atoms with Crippen LogP contribution >= 0.6 is 0 Å². The number of hydrogen-bond acceptors (Lipinski definition) is 2. The molecule has 2 aromatic carbocycles. The van der Waals surface area contributed by atoms with Gasteiger partial charge in [0.05, 0.1) is 10.6 Å². The molecule has 0 atom stereocenters. The van der Waals surface area contributed by atoms with Crippen LogP contribution in [0.25, 0.3) is 0 Å². The van der Waals surface area contributed by atoms with Crippen LogP contribution in [-0.4, -0.2) is 15.5 Å². The number of hydrogen-bond donors (Lipinski definition) is 0.